The Bertz CT molecular complexity index is 178. The molecule has 0 saturated heterocycles. The molecule has 0 aliphatic heterocycles. The topological polar surface area (TPSA) is 52.0 Å². The zero-order valence-corrected chi connectivity index (χ0v) is 8.14. The van der Waals surface area contributed by atoms with Crippen LogP contribution in [0.3, 0.4) is 0 Å². The Labute approximate surface area is 75.0 Å². The summed E-state index contributed by atoms with van der Waals surface area (Å²) in [6.45, 7) is 4.53. The maximum absolute atomic E-state index is 5.49. The number of hydrogen-bond donors (Lipinski definition) is 2. The van der Waals surface area contributed by atoms with Crippen LogP contribution < -0.4 is 11.5 Å². The van der Waals surface area contributed by atoms with Crippen LogP contribution in [-0.4, -0.2) is 6.17 Å². The molecule has 0 aromatic carbocycles. The van der Waals surface area contributed by atoms with Crippen LogP contribution in [0.5, 0.6) is 0 Å². The lowest BCUT2D eigenvalue weighted by Gasteiger charge is -2.12. The third-order valence-corrected chi connectivity index (χ3v) is 2.79. The third kappa shape index (κ3) is 2.32. The molecule has 1 saturated carbocycles. The molecule has 2 nitrogen and oxygen atoms in total. The Morgan fingerprint density at radius 1 is 1.50 bits per heavy atom. The molecule has 0 unspecified atom stereocenters. The summed E-state index contributed by atoms with van der Waals surface area (Å²) >= 11 is 0. The molecule has 1 fully saturated rings. The highest BCUT2D eigenvalue weighted by molar-refractivity contribution is 5.20. The summed E-state index contributed by atoms with van der Waals surface area (Å²) in [5, 5.41) is 0. The zero-order chi connectivity index (χ0) is 9.19. The lowest BCUT2D eigenvalue weighted by atomic mass is 9.94. The highest BCUT2D eigenvalue weighted by Crippen LogP contribution is 2.52. The van der Waals surface area contributed by atoms with Crippen molar-refractivity contribution < 1.29 is 0 Å². The van der Waals surface area contributed by atoms with Crippen LogP contribution in [0, 0.1) is 5.41 Å². The van der Waals surface area contributed by atoms with E-state index < -0.39 is 0 Å². The van der Waals surface area contributed by atoms with Crippen molar-refractivity contribution in [1.82, 2.24) is 0 Å². The third-order valence-electron chi connectivity index (χ3n) is 2.79. The van der Waals surface area contributed by atoms with E-state index in [1.54, 1.807) is 5.57 Å². The van der Waals surface area contributed by atoms with Crippen LogP contribution in [0.15, 0.2) is 11.6 Å². The van der Waals surface area contributed by atoms with Gasteiger partial charge in [-0.05, 0) is 31.1 Å². The molecule has 2 heteroatoms. The Kier molecular flexibility index (Phi) is 2.91. The van der Waals surface area contributed by atoms with E-state index in [9.17, 15) is 0 Å². The summed E-state index contributed by atoms with van der Waals surface area (Å²) < 4.78 is 0. The predicted octanol–water partition coefficient (Wildman–Crippen LogP) is 1.76. The molecule has 1 aliphatic rings. The van der Waals surface area contributed by atoms with Gasteiger partial charge in [0.2, 0.25) is 0 Å². The van der Waals surface area contributed by atoms with E-state index in [1.807, 2.05) is 0 Å². The van der Waals surface area contributed by atoms with E-state index in [2.05, 4.69) is 19.9 Å². The fraction of sp³-hybridized carbons (Fsp3) is 0.800. The van der Waals surface area contributed by atoms with Crippen LogP contribution in [0.1, 0.15) is 39.5 Å². The van der Waals surface area contributed by atoms with Crippen molar-refractivity contribution in [2.75, 3.05) is 0 Å². The molecule has 1 rings (SSSR count). The lowest BCUT2D eigenvalue weighted by molar-refractivity contribution is 0.639. The number of nitrogens with two attached hydrogens (primary N) is 2. The SMILES string of the molecule is CC/C(=C\CC(N)N)C1(C)CC1. The fourth-order valence-electron chi connectivity index (χ4n) is 1.60. The second-order valence-corrected chi connectivity index (χ2v) is 4.04. The first-order valence-electron chi connectivity index (χ1n) is 4.79. The molecule has 0 spiro atoms. The molecule has 0 heterocycles. The van der Waals surface area contributed by atoms with Crippen molar-refractivity contribution in [3.8, 4) is 0 Å². The molecule has 0 aromatic heterocycles. The smallest absolute Gasteiger partial charge is 0.0556 e. The molecular formula is C10H20N2. The van der Waals surface area contributed by atoms with Gasteiger partial charge in [0.15, 0.2) is 0 Å². The molecule has 0 radical (unpaired) electrons. The zero-order valence-electron chi connectivity index (χ0n) is 8.14. The summed E-state index contributed by atoms with van der Waals surface area (Å²) in [6.07, 6.45) is 6.69. The van der Waals surface area contributed by atoms with E-state index >= 15 is 0 Å². The van der Waals surface area contributed by atoms with E-state index in [4.69, 9.17) is 11.5 Å². The van der Waals surface area contributed by atoms with Crippen LogP contribution >= 0.6 is 0 Å². The van der Waals surface area contributed by atoms with Gasteiger partial charge in [0.05, 0.1) is 6.17 Å². The Hall–Kier alpha value is -0.340. The number of rotatable bonds is 4. The van der Waals surface area contributed by atoms with E-state index in [0.29, 0.717) is 5.41 Å². The van der Waals surface area contributed by atoms with E-state index in [0.717, 1.165) is 12.8 Å². The van der Waals surface area contributed by atoms with Gasteiger partial charge in [0.1, 0.15) is 0 Å². The minimum absolute atomic E-state index is 0.186. The largest absolute Gasteiger partial charge is 0.316 e. The van der Waals surface area contributed by atoms with Gasteiger partial charge in [-0.25, -0.2) is 0 Å². The van der Waals surface area contributed by atoms with E-state index in [1.165, 1.54) is 12.8 Å². The van der Waals surface area contributed by atoms with Crippen molar-refractivity contribution in [2.24, 2.45) is 16.9 Å². The van der Waals surface area contributed by atoms with Gasteiger partial charge in [0, 0.05) is 0 Å². The average Bonchev–Trinajstić information content (AvgIpc) is 2.69. The minimum Gasteiger partial charge on any atom is -0.316 e. The molecule has 70 valence electrons. The fourth-order valence-corrected chi connectivity index (χ4v) is 1.60. The summed E-state index contributed by atoms with van der Waals surface area (Å²) in [5.74, 6) is 0. The molecule has 0 aromatic rings. The molecule has 4 N–H and O–H groups in total. The number of hydrogen-bond acceptors (Lipinski definition) is 2. The quantitative estimate of drug-likeness (QED) is 0.496. The summed E-state index contributed by atoms with van der Waals surface area (Å²) in [7, 11) is 0. The van der Waals surface area contributed by atoms with Crippen molar-refractivity contribution in [3.63, 3.8) is 0 Å². The van der Waals surface area contributed by atoms with Gasteiger partial charge >= 0.3 is 0 Å². The first-order chi connectivity index (χ1) is 5.58. The molecule has 0 amide bonds. The molecule has 0 bridgehead atoms. The standard InChI is InChI=1S/C10H20N2/c1-3-8(4-5-9(11)12)10(2)6-7-10/h4,9H,3,5-7,11-12H2,1-2H3/b8-4+. The first kappa shape index (κ1) is 9.75. The van der Waals surface area contributed by atoms with Crippen molar-refractivity contribution in [2.45, 2.75) is 45.7 Å². The van der Waals surface area contributed by atoms with Gasteiger partial charge in [0.25, 0.3) is 0 Å². The summed E-state index contributed by atoms with van der Waals surface area (Å²) in [6, 6.07) is 0. The van der Waals surface area contributed by atoms with Gasteiger partial charge < -0.3 is 11.5 Å². The maximum atomic E-state index is 5.49. The predicted molar refractivity (Wildman–Crippen MR) is 52.5 cm³/mol. The van der Waals surface area contributed by atoms with Crippen molar-refractivity contribution in [3.05, 3.63) is 11.6 Å². The monoisotopic (exact) mass is 168 g/mol. The van der Waals surface area contributed by atoms with Crippen LogP contribution in [0.25, 0.3) is 0 Å². The Balaban J connectivity index is 2.49. The first-order valence-corrected chi connectivity index (χ1v) is 4.79. The second-order valence-electron chi connectivity index (χ2n) is 4.04. The van der Waals surface area contributed by atoms with Crippen molar-refractivity contribution >= 4 is 0 Å². The summed E-state index contributed by atoms with van der Waals surface area (Å²) in [4.78, 5) is 0. The average molecular weight is 168 g/mol. The lowest BCUT2D eigenvalue weighted by Crippen LogP contribution is -2.29. The van der Waals surface area contributed by atoms with Crippen LogP contribution in [0.4, 0.5) is 0 Å². The van der Waals surface area contributed by atoms with Gasteiger partial charge in [-0.2, -0.15) is 0 Å². The van der Waals surface area contributed by atoms with Crippen molar-refractivity contribution in [1.29, 1.82) is 0 Å². The maximum Gasteiger partial charge on any atom is 0.0556 e. The van der Waals surface area contributed by atoms with Crippen LogP contribution in [0.2, 0.25) is 0 Å². The Morgan fingerprint density at radius 3 is 2.42 bits per heavy atom. The van der Waals surface area contributed by atoms with Gasteiger partial charge in [-0.1, -0.05) is 25.5 Å². The summed E-state index contributed by atoms with van der Waals surface area (Å²) in [5.41, 5.74) is 13.0. The normalized spacial score (nSPS) is 21.6. The number of allylic oxidation sites excluding steroid dienone is 1. The molecular weight excluding hydrogens is 148 g/mol. The molecule has 0 atom stereocenters. The minimum atomic E-state index is -0.186. The van der Waals surface area contributed by atoms with Gasteiger partial charge in [-0.15, -0.1) is 0 Å². The molecule has 12 heavy (non-hydrogen) atoms. The highest BCUT2D eigenvalue weighted by Gasteiger charge is 2.39. The Morgan fingerprint density at radius 2 is 2.08 bits per heavy atom. The van der Waals surface area contributed by atoms with Gasteiger partial charge in [-0.3, -0.25) is 0 Å². The van der Waals surface area contributed by atoms with E-state index in [-0.39, 0.29) is 6.17 Å². The highest BCUT2D eigenvalue weighted by atomic mass is 14.8. The molecule has 1 aliphatic carbocycles. The second kappa shape index (κ2) is 3.58. The van der Waals surface area contributed by atoms with Crippen LogP contribution in [-0.2, 0) is 0 Å².